The quantitative estimate of drug-likeness (QED) is 0.730. The summed E-state index contributed by atoms with van der Waals surface area (Å²) in [7, 11) is 0. The second kappa shape index (κ2) is 5.64. The van der Waals surface area contributed by atoms with Crippen LogP contribution in [0.1, 0.15) is 15.2 Å². The third-order valence-electron chi connectivity index (χ3n) is 2.89. The van der Waals surface area contributed by atoms with Gasteiger partial charge in [-0.25, -0.2) is 9.78 Å². The first-order valence-corrected chi connectivity index (χ1v) is 7.83. The lowest BCUT2D eigenvalue weighted by Gasteiger charge is -2.02. The average Bonchev–Trinajstić information content (AvgIpc) is 2.85. The van der Waals surface area contributed by atoms with Crippen molar-refractivity contribution >= 4 is 39.2 Å². The molecular formula is C15H11NO2S2. The number of fused-ring (bicyclic) bond motifs is 1. The number of aromatic nitrogens is 1. The molecule has 0 atom stereocenters. The number of aromatic carboxylic acids is 1. The van der Waals surface area contributed by atoms with Gasteiger partial charge in [-0.1, -0.05) is 24.3 Å². The summed E-state index contributed by atoms with van der Waals surface area (Å²) < 4.78 is 1.02. The molecule has 0 saturated carbocycles. The van der Waals surface area contributed by atoms with Crippen molar-refractivity contribution in [3.05, 3.63) is 59.1 Å². The smallest absolute Gasteiger partial charge is 0.346 e. The molecule has 3 rings (SSSR count). The minimum atomic E-state index is -0.858. The Morgan fingerprint density at radius 2 is 2.00 bits per heavy atom. The van der Waals surface area contributed by atoms with Crippen molar-refractivity contribution in [3.63, 3.8) is 0 Å². The Bertz CT molecular complexity index is 753. The molecule has 2 heterocycles. The first-order valence-electron chi connectivity index (χ1n) is 6.03. The maximum atomic E-state index is 11.4. The number of benzene rings is 1. The van der Waals surface area contributed by atoms with Gasteiger partial charge in [0.05, 0.1) is 5.03 Å². The van der Waals surface area contributed by atoms with Crippen molar-refractivity contribution in [2.75, 3.05) is 0 Å². The summed E-state index contributed by atoms with van der Waals surface area (Å²) in [4.78, 5) is 16.1. The van der Waals surface area contributed by atoms with Gasteiger partial charge in [0.2, 0.25) is 0 Å². The third-order valence-corrected chi connectivity index (χ3v) is 5.07. The lowest BCUT2D eigenvalue weighted by molar-refractivity contribution is 0.0701. The van der Waals surface area contributed by atoms with Crippen LogP contribution in [0.4, 0.5) is 0 Å². The van der Waals surface area contributed by atoms with E-state index >= 15 is 0 Å². The molecule has 2 aromatic heterocycles. The fraction of sp³-hybridized carbons (Fsp3) is 0.0667. The van der Waals surface area contributed by atoms with Crippen LogP contribution in [0.5, 0.6) is 0 Å². The molecule has 0 saturated heterocycles. The van der Waals surface area contributed by atoms with Gasteiger partial charge in [-0.05, 0) is 29.1 Å². The number of hydrogen-bond acceptors (Lipinski definition) is 4. The van der Waals surface area contributed by atoms with E-state index in [9.17, 15) is 9.90 Å². The van der Waals surface area contributed by atoms with Crippen LogP contribution in [0.3, 0.4) is 0 Å². The lowest BCUT2D eigenvalue weighted by Crippen LogP contribution is -1.96. The normalized spacial score (nSPS) is 10.8. The van der Waals surface area contributed by atoms with Crippen LogP contribution in [0, 0.1) is 0 Å². The number of carboxylic acid groups (broad SMARTS) is 1. The molecule has 3 aromatic rings. The second-order valence-corrected chi connectivity index (χ2v) is 6.22. The molecule has 0 aliphatic heterocycles. The van der Waals surface area contributed by atoms with Crippen LogP contribution in [0.2, 0.25) is 0 Å². The van der Waals surface area contributed by atoms with Crippen LogP contribution in [0.15, 0.2) is 53.7 Å². The van der Waals surface area contributed by atoms with Crippen molar-refractivity contribution in [2.24, 2.45) is 0 Å². The molecule has 0 radical (unpaired) electrons. The maximum Gasteiger partial charge on any atom is 0.346 e. The Kier molecular flexibility index (Phi) is 3.71. The number of thioether (sulfide) groups is 1. The topological polar surface area (TPSA) is 50.2 Å². The number of hydrogen-bond donors (Lipinski definition) is 1. The zero-order valence-corrected chi connectivity index (χ0v) is 12.1. The van der Waals surface area contributed by atoms with Crippen LogP contribution in [0.25, 0.3) is 10.1 Å². The van der Waals surface area contributed by atoms with Gasteiger partial charge in [0, 0.05) is 16.6 Å². The van der Waals surface area contributed by atoms with E-state index in [4.69, 9.17) is 0 Å². The second-order valence-electron chi connectivity index (χ2n) is 4.17. The Balaban J connectivity index is 1.97. The largest absolute Gasteiger partial charge is 0.477 e. The van der Waals surface area contributed by atoms with E-state index in [1.54, 1.807) is 18.0 Å². The van der Waals surface area contributed by atoms with Crippen molar-refractivity contribution in [2.45, 2.75) is 10.8 Å². The van der Waals surface area contributed by atoms with Crippen molar-refractivity contribution < 1.29 is 9.90 Å². The molecule has 20 heavy (non-hydrogen) atoms. The SMILES string of the molecule is O=C(O)c1sc2ccccc2c1CSc1ccccn1. The molecule has 0 unspecified atom stereocenters. The zero-order chi connectivity index (χ0) is 13.9. The van der Waals surface area contributed by atoms with E-state index in [2.05, 4.69) is 4.98 Å². The van der Waals surface area contributed by atoms with Gasteiger partial charge in [0.15, 0.2) is 0 Å². The van der Waals surface area contributed by atoms with Gasteiger partial charge in [-0.15, -0.1) is 23.1 Å². The molecule has 0 aliphatic rings. The highest BCUT2D eigenvalue weighted by Gasteiger charge is 2.17. The Labute approximate surface area is 124 Å². The van der Waals surface area contributed by atoms with E-state index in [1.807, 2.05) is 42.5 Å². The molecule has 1 aromatic carbocycles. The predicted molar refractivity (Wildman–Crippen MR) is 82.6 cm³/mol. The highest BCUT2D eigenvalue weighted by atomic mass is 32.2. The summed E-state index contributed by atoms with van der Waals surface area (Å²) in [6.07, 6.45) is 1.74. The first-order chi connectivity index (χ1) is 9.75. The van der Waals surface area contributed by atoms with Crippen molar-refractivity contribution in [3.8, 4) is 0 Å². The first kappa shape index (κ1) is 13.1. The summed E-state index contributed by atoms with van der Waals surface area (Å²) in [5, 5.41) is 11.3. The molecule has 0 amide bonds. The molecule has 0 fully saturated rings. The van der Waals surface area contributed by atoms with Gasteiger partial charge >= 0.3 is 5.97 Å². The van der Waals surface area contributed by atoms with Gasteiger partial charge in [-0.2, -0.15) is 0 Å². The highest BCUT2D eigenvalue weighted by molar-refractivity contribution is 7.98. The van der Waals surface area contributed by atoms with Gasteiger partial charge in [0.1, 0.15) is 4.88 Å². The van der Waals surface area contributed by atoms with E-state index < -0.39 is 5.97 Å². The van der Waals surface area contributed by atoms with E-state index in [0.29, 0.717) is 10.6 Å². The van der Waals surface area contributed by atoms with Gasteiger partial charge < -0.3 is 5.11 Å². The minimum Gasteiger partial charge on any atom is -0.477 e. The summed E-state index contributed by atoms with van der Waals surface area (Å²) in [5.41, 5.74) is 0.883. The highest BCUT2D eigenvalue weighted by Crippen LogP contribution is 2.35. The molecule has 1 N–H and O–H groups in total. The lowest BCUT2D eigenvalue weighted by atomic mass is 10.1. The van der Waals surface area contributed by atoms with E-state index in [1.165, 1.54) is 11.3 Å². The van der Waals surface area contributed by atoms with Gasteiger partial charge in [-0.3, -0.25) is 0 Å². The molecule has 0 bridgehead atoms. The number of carbonyl (C=O) groups is 1. The third kappa shape index (κ3) is 2.55. The Hall–Kier alpha value is -1.85. The summed E-state index contributed by atoms with van der Waals surface area (Å²) in [6, 6.07) is 13.5. The van der Waals surface area contributed by atoms with Crippen LogP contribution >= 0.6 is 23.1 Å². The number of thiophene rings is 1. The fourth-order valence-electron chi connectivity index (χ4n) is 1.99. The number of nitrogens with zero attached hydrogens (tertiary/aromatic N) is 1. The Morgan fingerprint density at radius 3 is 2.75 bits per heavy atom. The molecule has 0 spiro atoms. The number of rotatable bonds is 4. The van der Waals surface area contributed by atoms with Crippen molar-refractivity contribution in [1.82, 2.24) is 4.98 Å². The van der Waals surface area contributed by atoms with Crippen LogP contribution < -0.4 is 0 Å². The van der Waals surface area contributed by atoms with Crippen LogP contribution in [-0.4, -0.2) is 16.1 Å². The monoisotopic (exact) mass is 301 g/mol. The minimum absolute atomic E-state index is 0.426. The molecule has 100 valence electrons. The van der Waals surface area contributed by atoms with Gasteiger partial charge in [0.25, 0.3) is 0 Å². The van der Waals surface area contributed by atoms with E-state index in [-0.39, 0.29) is 0 Å². The summed E-state index contributed by atoms with van der Waals surface area (Å²) >= 11 is 2.89. The van der Waals surface area contributed by atoms with Crippen molar-refractivity contribution in [1.29, 1.82) is 0 Å². The van der Waals surface area contributed by atoms with Crippen LogP contribution in [-0.2, 0) is 5.75 Å². The predicted octanol–water partition coefficient (Wildman–Crippen LogP) is 4.29. The number of carboxylic acids is 1. The Morgan fingerprint density at radius 1 is 1.20 bits per heavy atom. The average molecular weight is 301 g/mol. The fourth-order valence-corrected chi connectivity index (χ4v) is 4.05. The van der Waals surface area contributed by atoms with E-state index in [0.717, 1.165) is 20.7 Å². The maximum absolute atomic E-state index is 11.4. The summed E-state index contributed by atoms with van der Waals surface area (Å²) in [6.45, 7) is 0. The molecule has 0 aliphatic carbocycles. The molecule has 5 heteroatoms. The zero-order valence-electron chi connectivity index (χ0n) is 10.4. The number of pyridine rings is 1. The molecular weight excluding hydrogens is 290 g/mol. The standard InChI is InChI=1S/C15H11NO2S2/c17-15(18)14-11(9-19-13-7-3-4-8-16-13)10-5-1-2-6-12(10)20-14/h1-8H,9H2,(H,17,18). The summed E-state index contributed by atoms with van der Waals surface area (Å²) in [5.74, 6) is -0.245. The molecule has 3 nitrogen and oxygen atoms in total.